The standard InChI is InChI=1S/C27H27F2N5O3/c1-16-11-24-32-17(2)22(12-19-5-3-4-6-23(19)37-26(28)29)34(24)15-21(16)20-13-30-27(31-14-20)33-9-7-18(8-10-33)25(35)36/h3-6,11,13-15,18,26H,7-10,12H2,1-2H3,(H,35,36). The van der Waals surface area contributed by atoms with Crippen molar-refractivity contribution in [2.45, 2.75) is 39.7 Å². The summed E-state index contributed by atoms with van der Waals surface area (Å²) in [5, 5.41) is 9.22. The number of nitrogens with zero attached hydrogens (tertiary/aromatic N) is 5. The average molecular weight is 508 g/mol. The number of aromatic nitrogens is 4. The minimum Gasteiger partial charge on any atom is -0.481 e. The van der Waals surface area contributed by atoms with Gasteiger partial charge in [0.05, 0.1) is 11.6 Å². The number of anilines is 1. The predicted molar refractivity (Wildman–Crippen MR) is 134 cm³/mol. The summed E-state index contributed by atoms with van der Waals surface area (Å²) in [5.74, 6) is -0.329. The van der Waals surface area contributed by atoms with E-state index in [1.165, 1.54) is 0 Å². The second-order valence-electron chi connectivity index (χ2n) is 9.28. The van der Waals surface area contributed by atoms with Crippen LogP contribution in [0.15, 0.2) is 48.9 Å². The smallest absolute Gasteiger partial charge is 0.387 e. The SMILES string of the molecule is Cc1cc2nc(C)c(Cc3ccccc3OC(F)F)n2cc1-c1cnc(N2CCC(C(=O)O)CC2)nc1. The third kappa shape index (κ3) is 5.09. The third-order valence-electron chi connectivity index (χ3n) is 6.89. The molecular weight excluding hydrogens is 480 g/mol. The number of rotatable bonds is 7. The van der Waals surface area contributed by atoms with Crippen molar-refractivity contribution in [2.75, 3.05) is 18.0 Å². The Morgan fingerprint density at radius 3 is 2.54 bits per heavy atom. The summed E-state index contributed by atoms with van der Waals surface area (Å²) < 4.78 is 32.5. The monoisotopic (exact) mass is 507 g/mol. The van der Waals surface area contributed by atoms with Gasteiger partial charge >= 0.3 is 12.6 Å². The lowest BCUT2D eigenvalue weighted by atomic mass is 9.97. The summed E-state index contributed by atoms with van der Waals surface area (Å²) >= 11 is 0. The third-order valence-corrected chi connectivity index (χ3v) is 6.89. The van der Waals surface area contributed by atoms with Gasteiger partial charge in [0.2, 0.25) is 5.95 Å². The van der Waals surface area contributed by atoms with Crippen LogP contribution in [-0.2, 0) is 11.2 Å². The van der Waals surface area contributed by atoms with Crippen molar-refractivity contribution in [1.82, 2.24) is 19.4 Å². The number of ether oxygens (including phenoxy) is 1. The zero-order valence-electron chi connectivity index (χ0n) is 20.6. The first-order valence-electron chi connectivity index (χ1n) is 12.1. The highest BCUT2D eigenvalue weighted by Crippen LogP contribution is 2.29. The number of aryl methyl sites for hydroxylation is 2. The number of halogens is 2. The number of benzene rings is 1. The molecule has 8 nitrogen and oxygen atoms in total. The zero-order valence-corrected chi connectivity index (χ0v) is 20.6. The summed E-state index contributed by atoms with van der Waals surface area (Å²) in [6, 6.07) is 8.76. The topological polar surface area (TPSA) is 92.9 Å². The number of hydrogen-bond acceptors (Lipinski definition) is 6. The van der Waals surface area contributed by atoms with E-state index in [9.17, 15) is 18.7 Å². The molecule has 37 heavy (non-hydrogen) atoms. The largest absolute Gasteiger partial charge is 0.481 e. The van der Waals surface area contributed by atoms with Crippen LogP contribution >= 0.6 is 0 Å². The number of para-hydroxylation sites is 1. The molecule has 1 fully saturated rings. The molecule has 0 aliphatic carbocycles. The van der Waals surface area contributed by atoms with E-state index >= 15 is 0 Å². The Hall–Kier alpha value is -4.08. The van der Waals surface area contributed by atoms with E-state index in [0.29, 0.717) is 43.9 Å². The van der Waals surface area contributed by atoms with E-state index in [0.717, 1.165) is 33.7 Å². The van der Waals surface area contributed by atoms with Crippen LogP contribution in [-0.4, -0.2) is 50.1 Å². The molecule has 1 aliphatic rings. The molecule has 192 valence electrons. The number of hydrogen-bond donors (Lipinski definition) is 1. The van der Waals surface area contributed by atoms with Gasteiger partial charge in [0.25, 0.3) is 0 Å². The van der Waals surface area contributed by atoms with Gasteiger partial charge in [-0.1, -0.05) is 18.2 Å². The number of piperidine rings is 1. The lowest BCUT2D eigenvalue weighted by molar-refractivity contribution is -0.142. The fraction of sp³-hybridized carbons (Fsp3) is 0.333. The van der Waals surface area contributed by atoms with E-state index in [2.05, 4.69) is 15.0 Å². The number of carboxylic acids is 1. The molecule has 3 aromatic heterocycles. The van der Waals surface area contributed by atoms with Crippen LogP contribution in [0.1, 0.15) is 35.4 Å². The lowest BCUT2D eigenvalue weighted by Gasteiger charge is -2.30. The van der Waals surface area contributed by atoms with E-state index < -0.39 is 12.6 Å². The number of carbonyl (C=O) groups is 1. The van der Waals surface area contributed by atoms with Gasteiger partial charge in [0.1, 0.15) is 11.4 Å². The molecule has 5 rings (SSSR count). The number of pyridine rings is 1. The minimum absolute atomic E-state index is 0.149. The van der Waals surface area contributed by atoms with Crippen molar-refractivity contribution >= 4 is 17.6 Å². The predicted octanol–water partition coefficient (Wildman–Crippen LogP) is 4.90. The Balaban J connectivity index is 1.43. The molecule has 0 atom stereocenters. The number of carboxylic acid groups (broad SMARTS) is 1. The van der Waals surface area contributed by atoms with Crippen LogP contribution in [0.4, 0.5) is 14.7 Å². The summed E-state index contributed by atoms with van der Waals surface area (Å²) in [5.41, 5.74) is 5.86. The molecule has 1 saturated heterocycles. The van der Waals surface area contributed by atoms with Gasteiger partial charge < -0.3 is 19.1 Å². The van der Waals surface area contributed by atoms with Crippen LogP contribution in [0.25, 0.3) is 16.8 Å². The minimum atomic E-state index is -2.90. The first-order chi connectivity index (χ1) is 17.8. The van der Waals surface area contributed by atoms with E-state index in [4.69, 9.17) is 4.74 Å². The lowest BCUT2D eigenvalue weighted by Crippen LogP contribution is -2.37. The Morgan fingerprint density at radius 2 is 1.86 bits per heavy atom. The summed E-state index contributed by atoms with van der Waals surface area (Å²) in [7, 11) is 0. The molecule has 4 heterocycles. The molecule has 1 aliphatic heterocycles. The highest BCUT2D eigenvalue weighted by Gasteiger charge is 2.25. The molecule has 0 spiro atoms. The molecule has 0 unspecified atom stereocenters. The zero-order chi connectivity index (χ0) is 26.1. The van der Waals surface area contributed by atoms with Gasteiger partial charge in [-0.25, -0.2) is 15.0 Å². The second-order valence-corrected chi connectivity index (χ2v) is 9.28. The normalized spacial score (nSPS) is 14.5. The van der Waals surface area contributed by atoms with Gasteiger partial charge in [-0.15, -0.1) is 0 Å². The first kappa shape index (κ1) is 24.6. The van der Waals surface area contributed by atoms with Crippen LogP contribution in [0, 0.1) is 19.8 Å². The van der Waals surface area contributed by atoms with Crippen molar-refractivity contribution in [3.63, 3.8) is 0 Å². The second kappa shape index (κ2) is 10.1. The van der Waals surface area contributed by atoms with Crippen LogP contribution < -0.4 is 9.64 Å². The fourth-order valence-electron chi connectivity index (χ4n) is 4.86. The number of aliphatic carboxylic acids is 1. The number of imidazole rings is 1. The van der Waals surface area contributed by atoms with Gasteiger partial charge in [0.15, 0.2) is 0 Å². The average Bonchev–Trinajstić information content (AvgIpc) is 3.18. The quantitative estimate of drug-likeness (QED) is 0.380. The molecule has 10 heteroatoms. The first-order valence-corrected chi connectivity index (χ1v) is 12.1. The van der Waals surface area contributed by atoms with Crippen LogP contribution in [0.5, 0.6) is 5.75 Å². The maximum absolute atomic E-state index is 12.9. The summed E-state index contributed by atoms with van der Waals surface area (Å²) in [6.07, 6.45) is 7.05. The van der Waals surface area contributed by atoms with Gasteiger partial charge in [0, 0.05) is 60.5 Å². The fourth-order valence-corrected chi connectivity index (χ4v) is 4.86. The van der Waals surface area contributed by atoms with Crippen LogP contribution in [0.2, 0.25) is 0 Å². The maximum atomic E-state index is 12.9. The Bertz CT molecular complexity index is 1430. The molecule has 0 radical (unpaired) electrons. The van der Waals surface area contributed by atoms with E-state index in [1.807, 2.05) is 35.4 Å². The summed E-state index contributed by atoms with van der Waals surface area (Å²) in [4.78, 5) is 27.0. The summed E-state index contributed by atoms with van der Waals surface area (Å²) in [6.45, 7) is 2.21. The van der Waals surface area contributed by atoms with Crippen molar-refractivity contribution in [2.24, 2.45) is 5.92 Å². The molecule has 0 bridgehead atoms. The Labute approximate surface area is 212 Å². The van der Waals surface area contributed by atoms with Crippen molar-refractivity contribution in [3.8, 4) is 16.9 Å². The number of fused-ring (bicyclic) bond motifs is 1. The molecule has 4 aromatic rings. The molecule has 0 amide bonds. The van der Waals surface area contributed by atoms with Crippen molar-refractivity contribution in [1.29, 1.82) is 0 Å². The highest BCUT2D eigenvalue weighted by atomic mass is 19.3. The van der Waals surface area contributed by atoms with E-state index in [-0.39, 0.29) is 11.7 Å². The van der Waals surface area contributed by atoms with Gasteiger partial charge in [-0.2, -0.15) is 8.78 Å². The maximum Gasteiger partial charge on any atom is 0.387 e. The molecule has 1 N–H and O–H groups in total. The molecule has 0 saturated carbocycles. The van der Waals surface area contributed by atoms with Crippen molar-refractivity contribution in [3.05, 3.63) is 71.4 Å². The molecule has 1 aromatic carbocycles. The molecular formula is C27H27F2N5O3. The Kier molecular flexibility index (Phi) is 6.73. The van der Waals surface area contributed by atoms with Gasteiger partial charge in [-0.3, -0.25) is 4.79 Å². The van der Waals surface area contributed by atoms with Gasteiger partial charge in [-0.05, 0) is 44.4 Å². The van der Waals surface area contributed by atoms with E-state index in [1.54, 1.807) is 36.7 Å². The Morgan fingerprint density at radius 1 is 1.16 bits per heavy atom. The van der Waals surface area contributed by atoms with Crippen LogP contribution in [0.3, 0.4) is 0 Å². The highest BCUT2D eigenvalue weighted by molar-refractivity contribution is 5.70. The van der Waals surface area contributed by atoms with Crippen molar-refractivity contribution < 1.29 is 23.4 Å². The number of alkyl halides is 2.